The predicted molar refractivity (Wildman–Crippen MR) is 33.8 cm³/mol. The number of halogens is 1. The Labute approximate surface area is 52.4 Å². The number of Topliss-reactive ketones (excluding diaryl/α,β-unsaturated/α-hetero) is 1. The van der Waals surface area contributed by atoms with Crippen molar-refractivity contribution in [1.29, 1.82) is 0 Å². The predicted octanol–water partition coefficient (Wildman–Crippen LogP) is 1.50. The fourth-order valence-corrected chi connectivity index (χ4v) is 0.498. The molecule has 0 aliphatic rings. The fraction of sp³-hybridized carbons (Fsp3) is 0.750. The van der Waals surface area contributed by atoms with E-state index >= 15 is 0 Å². The Bertz CT molecular complexity index is 74.1. The van der Waals surface area contributed by atoms with Gasteiger partial charge in [0.05, 0.1) is 0 Å². The van der Waals surface area contributed by atoms with Gasteiger partial charge in [0, 0.05) is 0 Å². The highest BCUT2D eigenvalue weighted by molar-refractivity contribution is 8.01. The maximum Gasteiger partial charge on any atom is 0.157 e. The largest absolute Gasteiger partial charge is 0.297 e. The third-order valence-corrected chi connectivity index (χ3v) is 2.11. The van der Waals surface area contributed by atoms with Crippen LogP contribution in [0.1, 0.15) is 6.92 Å². The maximum absolute atomic E-state index is 10.2. The molecule has 1 nitrogen and oxygen atoms in total. The molecular weight excluding hydrogens is 132 g/mol. The molecule has 0 bridgehead atoms. The van der Waals surface area contributed by atoms with E-state index < -0.39 is 0 Å². The second-order valence-corrected chi connectivity index (χ2v) is 2.80. The van der Waals surface area contributed by atoms with Crippen molar-refractivity contribution in [2.45, 2.75) is 11.6 Å². The van der Waals surface area contributed by atoms with E-state index in [0.717, 1.165) is 0 Å². The first kappa shape index (κ1) is 7.31. The normalized spacial score (nSPS) is 13.6. The van der Waals surface area contributed by atoms with E-state index in [1.807, 2.05) is 0 Å². The van der Waals surface area contributed by atoms with Gasteiger partial charge in [0.1, 0.15) is 4.71 Å². The molecule has 0 aromatic rings. The molecule has 0 radical (unpaired) electrons. The van der Waals surface area contributed by atoms with Gasteiger partial charge in [0.25, 0.3) is 0 Å². The lowest BCUT2D eigenvalue weighted by Crippen LogP contribution is -2.02. The maximum atomic E-state index is 10.2. The SMILES string of the molecule is CSC(Cl)C(C)=O. The Morgan fingerprint density at radius 2 is 2.29 bits per heavy atom. The first-order valence-electron chi connectivity index (χ1n) is 1.85. The zero-order chi connectivity index (χ0) is 5.86. The van der Waals surface area contributed by atoms with Gasteiger partial charge >= 0.3 is 0 Å². The molecule has 1 unspecified atom stereocenters. The van der Waals surface area contributed by atoms with E-state index in [4.69, 9.17) is 11.6 Å². The van der Waals surface area contributed by atoms with Crippen molar-refractivity contribution >= 4 is 29.1 Å². The Hall–Kier alpha value is 0.310. The summed E-state index contributed by atoms with van der Waals surface area (Å²) in [6, 6.07) is 0. The number of carbonyl (C=O) groups is 1. The minimum absolute atomic E-state index is 0.0224. The Balaban J connectivity index is 3.34. The van der Waals surface area contributed by atoms with Gasteiger partial charge in [-0.25, -0.2) is 0 Å². The second kappa shape index (κ2) is 3.33. The molecule has 0 amide bonds. The molecule has 0 saturated heterocycles. The van der Waals surface area contributed by atoms with Crippen molar-refractivity contribution in [3.05, 3.63) is 0 Å². The van der Waals surface area contributed by atoms with Crippen molar-refractivity contribution < 1.29 is 4.79 Å². The lowest BCUT2D eigenvalue weighted by molar-refractivity contribution is -0.115. The Morgan fingerprint density at radius 3 is 2.29 bits per heavy atom. The van der Waals surface area contributed by atoms with Gasteiger partial charge in [-0.15, -0.1) is 23.4 Å². The van der Waals surface area contributed by atoms with Gasteiger partial charge in [-0.2, -0.15) is 0 Å². The van der Waals surface area contributed by atoms with Crippen molar-refractivity contribution in [2.24, 2.45) is 0 Å². The standard InChI is InChI=1S/C4H7ClOS/c1-3(6)4(5)7-2/h4H,1-2H3. The number of alkyl halides is 1. The summed E-state index contributed by atoms with van der Waals surface area (Å²) in [6.07, 6.45) is 1.80. The first-order chi connectivity index (χ1) is 3.18. The van der Waals surface area contributed by atoms with Gasteiger partial charge < -0.3 is 0 Å². The summed E-state index contributed by atoms with van der Waals surface area (Å²) in [7, 11) is 0. The molecule has 0 aromatic carbocycles. The van der Waals surface area contributed by atoms with E-state index in [2.05, 4.69) is 0 Å². The highest BCUT2D eigenvalue weighted by Crippen LogP contribution is 2.10. The van der Waals surface area contributed by atoms with Crippen LogP contribution in [0.15, 0.2) is 0 Å². The lowest BCUT2D eigenvalue weighted by Gasteiger charge is -1.95. The highest BCUT2D eigenvalue weighted by atomic mass is 35.5. The summed E-state index contributed by atoms with van der Waals surface area (Å²) >= 11 is 6.76. The van der Waals surface area contributed by atoms with Gasteiger partial charge in [0.2, 0.25) is 0 Å². The first-order valence-corrected chi connectivity index (χ1v) is 3.58. The number of thioether (sulfide) groups is 1. The number of rotatable bonds is 2. The van der Waals surface area contributed by atoms with Gasteiger partial charge in [0.15, 0.2) is 5.78 Å². The molecule has 0 N–H and O–H groups in total. The van der Waals surface area contributed by atoms with Crippen molar-refractivity contribution in [3.8, 4) is 0 Å². The minimum Gasteiger partial charge on any atom is -0.297 e. The number of carbonyl (C=O) groups excluding carboxylic acids is 1. The second-order valence-electron chi connectivity index (χ2n) is 1.16. The zero-order valence-corrected chi connectivity index (χ0v) is 5.84. The molecule has 0 saturated carbocycles. The van der Waals surface area contributed by atoms with Crippen LogP contribution < -0.4 is 0 Å². The molecule has 0 spiro atoms. The highest BCUT2D eigenvalue weighted by Gasteiger charge is 2.04. The van der Waals surface area contributed by atoms with Gasteiger partial charge in [-0.05, 0) is 13.2 Å². The van der Waals surface area contributed by atoms with Crippen LogP contribution >= 0.6 is 23.4 Å². The fourth-order valence-electron chi connectivity index (χ4n) is 0.166. The van der Waals surface area contributed by atoms with E-state index in [0.29, 0.717) is 0 Å². The minimum atomic E-state index is -0.347. The monoisotopic (exact) mass is 138 g/mol. The van der Waals surface area contributed by atoms with Crippen molar-refractivity contribution in [1.82, 2.24) is 0 Å². The van der Waals surface area contributed by atoms with Crippen LogP contribution in [-0.2, 0) is 4.79 Å². The van der Waals surface area contributed by atoms with Crippen LogP contribution in [0.3, 0.4) is 0 Å². The van der Waals surface area contributed by atoms with Gasteiger partial charge in [-0.1, -0.05) is 0 Å². The summed E-state index contributed by atoms with van der Waals surface area (Å²) in [6.45, 7) is 1.48. The summed E-state index contributed by atoms with van der Waals surface area (Å²) in [5.74, 6) is 0.0224. The topological polar surface area (TPSA) is 17.1 Å². The molecule has 0 heterocycles. The molecular formula is C4H7ClOS. The van der Waals surface area contributed by atoms with Crippen LogP contribution in [0, 0.1) is 0 Å². The zero-order valence-electron chi connectivity index (χ0n) is 4.27. The Kier molecular flexibility index (Phi) is 3.48. The average Bonchev–Trinajstić information content (AvgIpc) is 1.65. The molecule has 0 fully saturated rings. The number of hydrogen-bond donors (Lipinski definition) is 0. The number of hydrogen-bond acceptors (Lipinski definition) is 2. The Morgan fingerprint density at radius 1 is 1.86 bits per heavy atom. The van der Waals surface area contributed by atoms with E-state index in [1.54, 1.807) is 6.26 Å². The van der Waals surface area contributed by atoms with Crippen molar-refractivity contribution in [3.63, 3.8) is 0 Å². The third kappa shape index (κ3) is 2.94. The quantitative estimate of drug-likeness (QED) is 0.538. The molecule has 7 heavy (non-hydrogen) atoms. The molecule has 1 atom stereocenters. The lowest BCUT2D eigenvalue weighted by atomic mass is 10.5. The van der Waals surface area contributed by atoms with E-state index in [1.165, 1.54) is 18.7 Å². The molecule has 42 valence electrons. The summed E-state index contributed by atoms with van der Waals surface area (Å²) in [5.41, 5.74) is 0. The summed E-state index contributed by atoms with van der Waals surface area (Å²) < 4.78 is -0.347. The van der Waals surface area contributed by atoms with E-state index in [-0.39, 0.29) is 10.5 Å². The van der Waals surface area contributed by atoms with Crippen LogP contribution in [0.5, 0.6) is 0 Å². The van der Waals surface area contributed by atoms with Crippen molar-refractivity contribution in [2.75, 3.05) is 6.26 Å². The van der Waals surface area contributed by atoms with Crippen LogP contribution in [-0.4, -0.2) is 16.7 Å². The van der Waals surface area contributed by atoms with E-state index in [9.17, 15) is 4.79 Å². The summed E-state index contributed by atoms with van der Waals surface area (Å²) in [4.78, 5) is 10.2. The molecule has 0 aliphatic heterocycles. The van der Waals surface area contributed by atoms with Crippen LogP contribution in [0.2, 0.25) is 0 Å². The van der Waals surface area contributed by atoms with Gasteiger partial charge in [-0.3, -0.25) is 4.79 Å². The molecule has 0 aliphatic carbocycles. The third-order valence-electron chi connectivity index (χ3n) is 0.527. The number of ketones is 1. The average molecular weight is 139 g/mol. The smallest absolute Gasteiger partial charge is 0.157 e. The summed E-state index contributed by atoms with van der Waals surface area (Å²) in [5, 5.41) is 0. The molecule has 0 aromatic heterocycles. The van der Waals surface area contributed by atoms with Crippen LogP contribution in [0.25, 0.3) is 0 Å². The molecule has 0 rings (SSSR count). The van der Waals surface area contributed by atoms with Crippen LogP contribution in [0.4, 0.5) is 0 Å². The molecule has 3 heteroatoms.